The van der Waals surface area contributed by atoms with Gasteiger partial charge >= 0.3 is 11.7 Å². The van der Waals surface area contributed by atoms with Gasteiger partial charge in [0.15, 0.2) is 0 Å². The van der Waals surface area contributed by atoms with Crippen LogP contribution >= 0.6 is 0 Å². The van der Waals surface area contributed by atoms with Gasteiger partial charge in [0.05, 0.1) is 44.1 Å². The van der Waals surface area contributed by atoms with Gasteiger partial charge in [0, 0.05) is 17.3 Å². The molecule has 13 nitrogen and oxygen atoms in total. The van der Waals surface area contributed by atoms with Gasteiger partial charge in [0.25, 0.3) is 11.6 Å². The zero-order valence-corrected chi connectivity index (χ0v) is 19.2. The molecule has 0 aliphatic carbocycles. The van der Waals surface area contributed by atoms with Gasteiger partial charge in [-0.15, -0.1) is 0 Å². The average molecular weight is 490 g/mol. The molecule has 1 aromatic heterocycles. The SMILES string of the molecule is CC1=NN(c2ccc(C(=O)O)cc2)C(=O)/C1=C\c1c(C)nn(-c2ccc([N+](=O)[O-])cc2[N+](=O)[O-])c1C. The maximum absolute atomic E-state index is 13.1. The summed E-state index contributed by atoms with van der Waals surface area (Å²) < 4.78 is 1.30. The Balaban J connectivity index is 1.73. The number of nitrogens with zero attached hydrogens (tertiary/aromatic N) is 6. The van der Waals surface area contributed by atoms with Crippen molar-refractivity contribution in [2.45, 2.75) is 20.8 Å². The minimum atomic E-state index is -1.09. The summed E-state index contributed by atoms with van der Waals surface area (Å²) in [5.41, 5.74) is 1.74. The molecule has 1 aliphatic rings. The molecule has 0 saturated carbocycles. The maximum atomic E-state index is 13.1. The van der Waals surface area contributed by atoms with E-state index in [9.17, 15) is 29.8 Å². The molecule has 0 saturated heterocycles. The number of anilines is 1. The number of hydrogen-bond acceptors (Lipinski definition) is 8. The summed E-state index contributed by atoms with van der Waals surface area (Å²) in [7, 11) is 0. The van der Waals surface area contributed by atoms with E-state index in [2.05, 4.69) is 10.2 Å². The Kier molecular flexibility index (Phi) is 5.90. The molecule has 2 heterocycles. The van der Waals surface area contributed by atoms with Gasteiger partial charge in [0.1, 0.15) is 5.69 Å². The zero-order valence-electron chi connectivity index (χ0n) is 19.2. The second kappa shape index (κ2) is 8.87. The van der Waals surface area contributed by atoms with Crippen molar-refractivity contribution in [1.29, 1.82) is 0 Å². The Morgan fingerprint density at radius 3 is 2.28 bits per heavy atom. The molecule has 0 unspecified atom stereocenters. The van der Waals surface area contributed by atoms with Crippen LogP contribution in [0.25, 0.3) is 11.8 Å². The molecule has 0 atom stereocenters. The number of amides is 1. The maximum Gasteiger partial charge on any atom is 0.335 e. The first-order valence-corrected chi connectivity index (χ1v) is 10.4. The summed E-state index contributed by atoms with van der Waals surface area (Å²) in [4.78, 5) is 45.4. The Labute approximate surface area is 202 Å². The summed E-state index contributed by atoms with van der Waals surface area (Å²) in [6.45, 7) is 4.97. The second-order valence-electron chi connectivity index (χ2n) is 7.90. The van der Waals surface area contributed by atoms with Crippen molar-refractivity contribution in [3.63, 3.8) is 0 Å². The van der Waals surface area contributed by atoms with E-state index in [0.29, 0.717) is 28.4 Å². The highest BCUT2D eigenvalue weighted by molar-refractivity contribution is 6.32. The van der Waals surface area contributed by atoms with Crippen molar-refractivity contribution in [2.75, 3.05) is 5.01 Å². The number of nitro groups is 2. The molecule has 1 N–H and O–H groups in total. The summed E-state index contributed by atoms with van der Waals surface area (Å²) in [6, 6.07) is 8.96. The van der Waals surface area contributed by atoms with Gasteiger partial charge in [-0.3, -0.25) is 25.0 Å². The van der Waals surface area contributed by atoms with E-state index < -0.39 is 33.1 Å². The standard InChI is InChI=1S/C23H18N6O7/c1-12-18(14(3)26(24-12)20-9-8-17(28(33)34)10-21(20)29(35)36)11-19-13(2)25-27(22(19)30)16-6-4-15(5-7-16)23(31)32/h4-11H,1-3H3,(H,31,32)/b19-11-. The van der Waals surface area contributed by atoms with Crippen LogP contribution < -0.4 is 5.01 Å². The van der Waals surface area contributed by atoms with E-state index >= 15 is 0 Å². The molecule has 0 bridgehead atoms. The molecular weight excluding hydrogens is 472 g/mol. The Bertz CT molecular complexity index is 1520. The van der Waals surface area contributed by atoms with Crippen LogP contribution in [0.15, 0.2) is 53.1 Å². The lowest BCUT2D eigenvalue weighted by molar-refractivity contribution is -0.394. The minimum absolute atomic E-state index is 0.0409. The van der Waals surface area contributed by atoms with Crippen molar-refractivity contribution < 1.29 is 24.5 Å². The fourth-order valence-corrected chi connectivity index (χ4v) is 3.80. The molecule has 1 amide bonds. The van der Waals surface area contributed by atoms with Crippen LogP contribution in [-0.4, -0.2) is 42.3 Å². The molecule has 36 heavy (non-hydrogen) atoms. The lowest BCUT2D eigenvalue weighted by Gasteiger charge is -2.11. The summed E-state index contributed by atoms with van der Waals surface area (Å²) in [6.07, 6.45) is 1.58. The van der Waals surface area contributed by atoms with Crippen LogP contribution in [0.1, 0.15) is 34.2 Å². The normalized spacial score (nSPS) is 14.3. The van der Waals surface area contributed by atoms with Gasteiger partial charge in [-0.05, 0) is 57.2 Å². The number of rotatable bonds is 6. The third-order valence-electron chi connectivity index (χ3n) is 5.65. The van der Waals surface area contributed by atoms with Crippen molar-refractivity contribution in [2.24, 2.45) is 5.10 Å². The third-order valence-corrected chi connectivity index (χ3v) is 5.65. The molecule has 2 aromatic carbocycles. The lowest BCUT2D eigenvalue weighted by Crippen LogP contribution is -2.21. The van der Waals surface area contributed by atoms with E-state index in [1.54, 1.807) is 26.8 Å². The number of aromatic carboxylic acids is 1. The Hall–Kier alpha value is -5.20. The highest BCUT2D eigenvalue weighted by Crippen LogP contribution is 2.31. The first-order chi connectivity index (χ1) is 17.0. The van der Waals surface area contributed by atoms with Gasteiger partial charge in [-0.1, -0.05) is 0 Å². The van der Waals surface area contributed by atoms with Gasteiger partial charge in [0.2, 0.25) is 0 Å². The Morgan fingerprint density at radius 1 is 1.03 bits per heavy atom. The number of hydrazone groups is 1. The molecule has 4 rings (SSSR count). The number of aryl methyl sites for hydroxylation is 1. The molecule has 0 radical (unpaired) electrons. The molecule has 182 valence electrons. The summed E-state index contributed by atoms with van der Waals surface area (Å²) >= 11 is 0. The topological polar surface area (TPSA) is 174 Å². The largest absolute Gasteiger partial charge is 0.478 e. The van der Waals surface area contributed by atoms with Crippen LogP contribution in [-0.2, 0) is 4.79 Å². The Morgan fingerprint density at radius 2 is 1.69 bits per heavy atom. The molecule has 13 heteroatoms. The summed E-state index contributed by atoms with van der Waals surface area (Å²) in [5.74, 6) is -1.53. The fourth-order valence-electron chi connectivity index (χ4n) is 3.80. The highest BCUT2D eigenvalue weighted by Gasteiger charge is 2.30. The molecule has 0 fully saturated rings. The van der Waals surface area contributed by atoms with E-state index in [1.807, 2.05) is 0 Å². The van der Waals surface area contributed by atoms with Crippen LogP contribution in [0.4, 0.5) is 17.1 Å². The van der Waals surface area contributed by atoms with Crippen LogP contribution in [0.3, 0.4) is 0 Å². The molecule has 0 spiro atoms. The first kappa shape index (κ1) is 23.9. The van der Waals surface area contributed by atoms with Gasteiger partial charge in [-0.2, -0.15) is 15.2 Å². The number of carbonyl (C=O) groups is 2. The predicted octanol–water partition coefficient (Wildman–Crippen LogP) is 3.81. The molecular formula is C23H18N6O7. The number of benzene rings is 2. The summed E-state index contributed by atoms with van der Waals surface area (Å²) in [5, 5.41) is 41.5. The predicted molar refractivity (Wildman–Crippen MR) is 128 cm³/mol. The van der Waals surface area contributed by atoms with E-state index in [-0.39, 0.29) is 16.8 Å². The van der Waals surface area contributed by atoms with Crippen molar-refractivity contribution in [3.8, 4) is 5.69 Å². The smallest absolute Gasteiger partial charge is 0.335 e. The average Bonchev–Trinajstić information content (AvgIpc) is 3.28. The van der Waals surface area contributed by atoms with Crippen LogP contribution in [0.5, 0.6) is 0 Å². The van der Waals surface area contributed by atoms with E-state index in [0.717, 1.165) is 17.1 Å². The quantitative estimate of drug-likeness (QED) is 0.308. The minimum Gasteiger partial charge on any atom is -0.478 e. The highest BCUT2D eigenvalue weighted by atomic mass is 16.6. The lowest BCUT2D eigenvalue weighted by atomic mass is 10.1. The number of carboxylic acid groups (broad SMARTS) is 1. The van der Waals surface area contributed by atoms with Crippen molar-refractivity contribution in [1.82, 2.24) is 9.78 Å². The number of nitro benzene ring substituents is 2. The zero-order chi connectivity index (χ0) is 26.3. The number of hydrogen-bond donors (Lipinski definition) is 1. The third kappa shape index (κ3) is 4.09. The van der Waals surface area contributed by atoms with E-state index in [4.69, 9.17) is 5.11 Å². The number of aromatic nitrogens is 2. The fraction of sp³-hybridized carbons (Fsp3) is 0.130. The van der Waals surface area contributed by atoms with Crippen molar-refractivity contribution >= 4 is 40.7 Å². The van der Waals surface area contributed by atoms with Crippen molar-refractivity contribution in [3.05, 3.63) is 90.8 Å². The number of carboxylic acids is 1. The van der Waals surface area contributed by atoms with Crippen LogP contribution in [0, 0.1) is 34.1 Å². The van der Waals surface area contributed by atoms with Gasteiger partial charge < -0.3 is 5.11 Å². The molecule has 1 aliphatic heterocycles. The van der Waals surface area contributed by atoms with E-state index in [1.165, 1.54) is 35.0 Å². The number of non-ortho nitro benzene ring substituents is 1. The van der Waals surface area contributed by atoms with Gasteiger partial charge in [-0.25, -0.2) is 9.48 Å². The monoisotopic (exact) mass is 490 g/mol. The van der Waals surface area contributed by atoms with Crippen LogP contribution in [0.2, 0.25) is 0 Å². The number of carbonyl (C=O) groups excluding carboxylic acids is 1. The molecule has 3 aromatic rings. The second-order valence-corrected chi connectivity index (χ2v) is 7.90. The first-order valence-electron chi connectivity index (χ1n) is 10.4.